The monoisotopic (exact) mass is 279 g/mol. The minimum atomic E-state index is -0.290. The molecule has 0 aliphatic heterocycles. The van der Waals surface area contributed by atoms with Crippen molar-refractivity contribution in [2.24, 2.45) is 0 Å². The highest BCUT2D eigenvalue weighted by atomic mass is 35.5. The van der Waals surface area contributed by atoms with Gasteiger partial charge in [0.2, 0.25) is 0 Å². The van der Waals surface area contributed by atoms with Gasteiger partial charge in [0.1, 0.15) is 0 Å². The van der Waals surface area contributed by atoms with E-state index in [-0.39, 0.29) is 30.1 Å². The standard InChI is InChI=1S/C14H13NO3.ClH/c16-8-11-7-14(18)12(13(9-17)15-11)6-10-4-2-1-3-5-10;/h1-5,7,9,16H,6,8H2,(H,15,18);1H. The molecule has 0 fully saturated rings. The Morgan fingerprint density at radius 1 is 1.21 bits per heavy atom. The molecule has 0 aliphatic rings. The zero-order valence-electron chi connectivity index (χ0n) is 10.1. The van der Waals surface area contributed by atoms with Crippen LogP contribution in [-0.2, 0) is 13.0 Å². The summed E-state index contributed by atoms with van der Waals surface area (Å²) in [6, 6.07) is 10.8. The van der Waals surface area contributed by atoms with E-state index in [4.69, 9.17) is 5.11 Å². The van der Waals surface area contributed by atoms with E-state index in [9.17, 15) is 9.59 Å². The molecule has 2 N–H and O–H groups in total. The molecular formula is C14H14ClNO3. The van der Waals surface area contributed by atoms with E-state index in [0.717, 1.165) is 5.56 Å². The van der Waals surface area contributed by atoms with Crippen LogP contribution in [0.4, 0.5) is 0 Å². The lowest BCUT2D eigenvalue weighted by molar-refractivity contribution is 0.111. The van der Waals surface area contributed by atoms with Crippen LogP contribution in [0.3, 0.4) is 0 Å². The lowest BCUT2D eigenvalue weighted by Gasteiger charge is -2.06. The average Bonchev–Trinajstić information content (AvgIpc) is 2.42. The zero-order valence-corrected chi connectivity index (χ0v) is 10.9. The number of carbonyl (C=O) groups is 1. The summed E-state index contributed by atoms with van der Waals surface area (Å²) in [5.41, 5.74) is 1.73. The molecule has 0 aliphatic carbocycles. The molecule has 0 atom stereocenters. The first kappa shape index (κ1) is 15.1. The SMILES string of the molecule is Cl.O=Cc1[nH]c(CO)cc(=O)c1Cc1ccccc1. The Morgan fingerprint density at radius 2 is 1.89 bits per heavy atom. The molecule has 1 aromatic carbocycles. The molecule has 4 nitrogen and oxygen atoms in total. The van der Waals surface area contributed by atoms with Gasteiger partial charge in [-0.05, 0) is 5.56 Å². The second-order valence-corrected chi connectivity index (χ2v) is 3.99. The van der Waals surface area contributed by atoms with Gasteiger partial charge in [-0.15, -0.1) is 12.4 Å². The minimum absolute atomic E-state index is 0. The van der Waals surface area contributed by atoms with Crippen LogP contribution in [0.5, 0.6) is 0 Å². The summed E-state index contributed by atoms with van der Waals surface area (Å²) in [5.74, 6) is 0. The van der Waals surface area contributed by atoms with Gasteiger partial charge in [0.05, 0.1) is 12.3 Å². The molecule has 0 radical (unpaired) electrons. The highest BCUT2D eigenvalue weighted by Gasteiger charge is 2.09. The molecule has 2 aromatic rings. The highest BCUT2D eigenvalue weighted by Crippen LogP contribution is 2.09. The molecule has 0 spiro atoms. The molecule has 100 valence electrons. The van der Waals surface area contributed by atoms with Gasteiger partial charge in [-0.2, -0.15) is 0 Å². The molecule has 0 amide bonds. The number of benzene rings is 1. The fourth-order valence-electron chi connectivity index (χ4n) is 1.83. The second kappa shape index (κ2) is 6.87. The van der Waals surface area contributed by atoms with Crippen molar-refractivity contribution in [1.29, 1.82) is 0 Å². The van der Waals surface area contributed by atoms with E-state index in [0.29, 0.717) is 24.0 Å². The summed E-state index contributed by atoms with van der Waals surface area (Å²) in [4.78, 5) is 25.6. The van der Waals surface area contributed by atoms with Gasteiger partial charge in [0, 0.05) is 23.7 Å². The number of hydrogen-bond donors (Lipinski definition) is 2. The molecule has 2 rings (SSSR count). The molecule has 0 bridgehead atoms. The fraction of sp³-hybridized carbons (Fsp3) is 0.143. The molecule has 0 saturated carbocycles. The van der Waals surface area contributed by atoms with Gasteiger partial charge in [-0.3, -0.25) is 9.59 Å². The van der Waals surface area contributed by atoms with Crippen molar-refractivity contribution in [2.75, 3.05) is 0 Å². The van der Waals surface area contributed by atoms with Gasteiger partial charge < -0.3 is 10.1 Å². The number of aromatic nitrogens is 1. The summed E-state index contributed by atoms with van der Waals surface area (Å²) in [5, 5.41) is 8.98. The number of pyridine rings is 1. The van der Waals surface area contributed by atoms with Crippen LogP contribution >= 0.6 is 12.4 Å². The van der Waals surface area contributed by atoms with Crippen molar-refractivity contribution in [3.63, 3.8) is 0 Å². The van der Waals surface area contributed by atoms with Crippen LogP contribution in [-0.4, -0.2) is 16.4 Å². The van der Waals surface area contributed by atoms with Gasteiger partial charge >= 0.3 is 0 Å². The Bertz CT molecular complexity index is 608. The van der Waals surface area contributed by atoms with Crippen LogP contribution in [0.1, 0.15) is 27.3 Å². The number of H-pyrrole nitrogens is 1. The smallest absolute Gasteiger partial charge is 0.186 e. The van der Waals surface area contributed by atoms with Crippen molar-refractivity contribution in [1.82, 2.24) is 4.98 Å². The second-order valence-electron chi connectivity index (χ2n) is 3.99. The number of hydrogen-bond acceptors (Lipinski definition) is 3. The molecule has 0 unspecified atom stereocenters. The van der Waals surface area contributed by atoms with E-state index in [1.54, 1.807) is 0 Å². The maximum absolute atomic E-state index is 11.9. The van der Waals surface area contributed by atoms with Crippen LogP contribution in [0, 0.1) is 0 Å². The highest BCUT2D eigenvalue weighted by molar-refractivity contribution is 5.85. The summed E-state index contributed by atoms with van der Waals surface area (Å²) in [7, 11) is 0. The Morgan fingerprint density at radius 3 is 2.47 bits per heavy atom. The summed E-state index contributed by atoms with van der Waals surface area (Å²) in [6.07, 6.45) is 1.01. The molecule has 0 saturated heterocycles. The van der Waals surface area contributed by atoms with Gasteiger partial charge in [0.15, 0.2) is 11.7 Å². The predicted molar refractivity (Wildman–Crippen MR) is 74.9 cm³/mol. The van der Waals surface area contributed by atoms with Gasteiger partial charge in [-0.1, -0.05) is 30.3 Å². The Labute approximate surface area is 116 Å². The number of halogens is 1. The maximum Gasteiger partial charge on any atom is 0.186 e. The first-order chi connectivity index (χ1) is 8.74. The van der Waals surface area contributed by atoms with Crippen LogP contribution in [0.15, 0.2) is 41.2 Å². The van der Waals surface area contributed by atoms with E-state index < -0.39 is 0 Å². The third-order valence-corrected chi connectivity index (χ3v) is 2.74. The lowest BCUT2D eigenvalue weighted by atomic mass is 10.0. The van der Waals surface area contributed by atoms with Crippen LogP contribution in [0.25, 0.3) is 0 Å². The Hall–Kier alpha value is -1.91. The third kappa shape index (κ3) is 3.53. The summed E-state index contributed by atoms with van der Waals surface area (Å²) in [6.45, 7) is -0.290. The fourth-order valence-corrected chi connectivity index (χ4v) is 1.83. The van der Waals surface area contributed by atoms with Crippen molar-refractivity contribution >= 4 is 18.7 Å². The Balaban J connectivity index is 0.00000180. The first-order valence-corrected chi connectivity index (χ1v) is 5.59. The van der Waals surface area contributed by atoms with Crippen molar-refractivity contribution in [3.05, 3.63) is 69.1 Å². The van der Waals surface area contributed by atoms with E-state index in [1.165, 1.54) is 6.07 Å². The van der Waals surface area contributed by atoms with E-state index in [1.807, 2.05) is 30.3 Å². The maximum atomic E-state index is 11.9. The summed E-state index contributed by atoms with van der Waals surface area (Å²) >= 11 is 0. The van der Waals surface area contributed by atoms with Gasteiger partial charge in [0.25, 0.3) is 0 Å². The normalized spacial score (nSPS) is 9.74. The first-order valence-electron chi connectivity index (χ1n) is 5.59. The number of carbonyl (C=O) groups excluding carboxylic acids is 1. The third-order valence-electron chi connectivity index (χ3n) is 2.74. The molecule has 1 heterocycles. The van der Waals surface area contributed by atoms with Gasteiger partial charge in [-0.25, -0.2) is 0 Å². The number of aldehydes is 1. The largest absolute Gasteiger partial charge is 0.390 e. The van der Waals surface area contributed by atoms with Crippen LogP contribution in [0.2, 0.25) is 0 Å². The average molecular weight is 280 g/mol. The Kier molecular flexibility index (Phi) is 5.48. The van der Waals surface area contributed by atoms with Crippen LogP contribution < -0.4 is 5.43 Å². The minimum Gasteiger partial charge on any atom is -0.390 e. The quantitative estimate of drug-likeness (QED) is 0.837. The zero-order chi connectivity index (χ0) is 13.0. The number of aliphatic hydroxyl groups excluding tert-OH is 1. The van der Waals surface area contributed by atoms with E-state index >= 15 is 0 Å². The molecular weight excluding hydrogens is 266 g/mol. The van der Waals surface area contributed by atoms with Crippen molar-refractivity contribution in [3.8, 4) is 0 Å². The number of rotatable bonds is 4. The molecule has 5 heteroatoms. The van der Waals surface area contributed by atoms with Crippen molar-refractivity contribution < 1.29 is 9.90 Å². The van der Waals surface area contributed by atoms with E-state index in [2.05, 4.69) is 4.98 Å². The predicted octanol–water partition coefficient (Wildman–Crippen LogP) is 1.69. The molecule has 19 heavy (non-hydrogen) atoms. The topological polar surface area (TPSA) is 70.2 Å². The number of aliphatic hydroxyl groups is 1. The summed E-state index contributed by atoms with van der Waals surface area (Å²) < 4.78 is 0. The molecule has 1 aromatic heterocycles. The lowest BCUT2D eigenvalue weighted by Crippen LogP contribution is -2.16. The van der Waals surface area contributed by atoms with Crippen molar-refractivity contribution in [2.45, 2.75) is 13.0 Å². The number of nitrogens with one attached hydrogen (secondary N) is 1. The number of aromatic amines is 1.